The molecule has 0 aliphatic carbocycles. The van der Waals surface area contributed by atoms with Gasteiger partial charge in [0, 0.05) is 57.1 Å². The summed E-state index contributed by atoms with van der Waals surface area (Å²) in [6.45, 7) is 8.45. The minimum Gasteiger partial charge on any atom is -0.464 e. The van der Waals surface area contributed by atoms with Crippen LogP contribution in [0.3, 0.4) is 0 Å². The van der Waals surface area contributed by atoms with Gasteiger partial charge in [0.1, 0.15) is 6.61 Å². The topological polar surface area (TPSA) is 36.0 Å². The van der Waals surface area contributed by atoms with Gasteiger partial charge in [0.2, 0.25) is 0 Å². The molecule has 0 aromatic heterocycles. The number of benzene rings is 2. The van der Waals surface area contributed by atoms with E-state index < -0.39 is 11.7 Å². The van der Waals surface area contributed by atoms with E-state index in [1.54, 1.807) is 6.07 Å². The SMILES string of the molecule is CCCCC(=O)OCCN1CCN(CCCN2c3ccccc3/C=C/Cc3ccc(C(F)(F)F)cc32)CC1. The number of esters is 1. The van der Waals surface area contributed by atoms with Crippen LogP contribution < -0.4 is 4.90 Å². The average molecular weight is 530 g/mol. The van der Waals surface area contributed by atoms with Gasteiger partial charge in [0.15, 0.2) is 0 Å². The summed E-state index contributed by atoms with van der Waals surface area (Å²) in [4.78, 5) is 18.5. The molecule has 2 aromatic carbocycles. The summed E-state index contributed by atoms with van der Waals surface area (Å²) < 4.78 is 46.1. The highest BCUT2D eigenvalue weighted by molar-refractivity contribution is 5.77. The van der Waals surface area contributed by atoms with Gasteiger partial charge in [0.25, 0.3) is 0 Å². The number of anilines is 2. The lowest BCUT2D eigenvalue weighted by atomic mass is 9.99. The van der Waals surface area contributed by atoms with Gasteiger partial charge < -0.3 is 14.5 Å². The fourth-order valence-corrected chi connectivity index (χ4v) is 5.09. The first kappa shape index (κ1) is 28.2. The van der Waals surface area contributed by atoms with Crippen molar-refractivity contribution in [3.63, 3.8) is 0 Å². The maximum absolute atomic E-state index is 13.6. The van der Waals surface area contributed by atoms with Crippen LogP contribution in [-0.2, 0) is 22.1 Å². The van der Waals surface area contributed by atoms with Crippen LogP contribution in [0.2, 0.25) is 0 Å². The number of carbonyl (C=O) groups excluding carboxylic acids is 1. The molecule has 5 nitrogen and oxygen atoms in total. The predicted molar refractivity (Wildman–Crippen MR) is 146 cm³/mol. The van der Waals surface area contributed by atoms with Crippen LogP contribution in [0.25, 0.3) is 6.08 Å². The molecular weight excluding hydrogens is 491 g/mol. The second kappa shape index (κ2) is 13.3. The van der Waals surface area contributed by atoms with Crippen molar-refractivity contribution < 1.29 is 22.7 Å². The smallest absolute Gasteiger partial charge is 0.416 e. The number of carbonyl (C=O) groups is 1. The maximum atomic E-state index is 13.6. The van der Waals surface area contributed by atoms with Gasteiger partial charge in [-0.3, -0.25) is 9.69 Å². The fraction of sp³-hybridized carbons (Fsp3) is 0.500. The molecule has 206 valence electrons. The van der Waals surface area contributed by atoms with Gasteiger partial charge >= 0.3 is 12.1 Å². The van der Waals surface area contributed by atoms with Gasteiger partial charge in [-0.15, -0.1) is 0 Å². The lowest BCUT2D eigenvalue weighted by Gasteiger charge is -2.35. The second-order valence-corrected chi connectivity index (χ2v) is 10.0. The molecule has 2 heterocycles. The molecule has 2 aromatic rings. The maximum Gasteiger partial charge on any atom is 0.416 e. The van der Waals surface area contributed by atoms with Crippen LogP contribution in [0.15, 0.2) is 48.5 Å². The molecule has 0 saturated carbocycles. The van der Waals surface area contributed by atoms with E-state index in [2.05, 4.69) is 27.7 Å². The van der Waals surface area contributed by atoms with E-state index in [-0.39, 0.29) is 5.97 Å². The Morgan fingerprint density at radius 3 is 2.39 bits per heavy atom. The third-order valence-corrected chi connectivity index (χ3v) is 7.29. The summed E-state index contributed by atoms with van der Waals surface area (Å²) in [7, 11) is 0. The number of allylic oxidation sites excluding steroid dienone is 1. The van der Waals surface area contributed by atoms with Crippen molar-refractivity contribution >= 4 is 23.4 Å². The van der Waals surface area contributed by atoms with Gasteiger partial charge in [-0.2, -0.15) is 13.2 Å². The highest BCUT2D eigenvalue weighted by Gasteiger charge is 2.32. The molecule has 0 amide bonds. The Labute approximate surface area is 223 Å². The van der Waals surface area contributed by atoms with Crippen LogP contribution >= 0.6 is 0 Å². The largest absolute Gasteiger partial charge is 0.464 e. The number of para-hydroxylation sites is 1. The van der Waals surface area contributed by atoms with E-state index in [4.69, 9.17) is 4.74 Å². The van der Waals surface area contributed by atoms with E-state index in [9.17, 15) is 18.0 Å². The number of rotatable bonds is 10. The first-order valence-corrected chi connectivity index (χ1v) is 13.7. The van der Waals surface area contributed by atoms with Crippen molar-refractivity contribution in [3.8, 4) is 0 Å². The van der Waals surface area contributed by atoms with Crippen LogP contribution in [0.4, 0.5) is 24.5 Å². The Kier molecular flexibility index (Phi) is 9.86. The van der Waals surface area contributed by atoms with Gasteiger partial charge in [-0.25, -0.2) is 0 Å². The van der Waals surface area contributed by atoms with Crippen molar-refractivity contribution in [3.05, 3.63) is 65.2 Å². The summed E-state index contributed by atoms with van der Waals surface area (Å²) in [5, 5.41) is 0. The number of nitrogens with zero attached hydrogens (tertiary/aromatic N) is 3. The third kappa shape index (κ3) is 7.60. The Morgan fingerprint density at radius 1 is 0.921 bits per heavy atom. The Bertz CT molecular complexity index is 1090. The van der Waals surface area contributed by atoms with E-state index in [0.29, 0.717) is 31.7 Å². The first-order chi connectivity index (χ1) is 18.3. The number of hydrogen-bond acceptors (Lipinski definition) is 5. The predicted octanol–water partition coefficient (Wildman–Crippen LogP) is 6.15. The number of alkyl halides is 3. The Balaban J connectivity index is 1.35. The van der Waals surface area contributed by atoms with Crippen molar-refractivity contribution in [2.45, 2.75) is 45.2 Å². The zero-order valence-electron chi connectivity index (χ0n) is 22.2. The Morgan fingerprint density at radius 2 is 1.66 bits per heavy atom. The van der Waals surface area contributed by atoms with Crippen LogP contribution in [-0.4, -0.2) is 68.2 Å². The number of fused-ring (bicyclic) bond motifs is 2. The number of halogens is 3. The quantitative estimate of drug-likeness (QED) is 0.345. The first-order valence-electron chi connectivity index (χ1n) is 13.7. The molecule has 0 unspecified atom stereocenters. The minimum absolute atomic E-state index is 0.115. The normalized spacial score (nSPS) is 17.3. The van der Waals surface area contributed by atoms with Crippen molar-refractivity contribution in [1.82, 2.24) is 9.80 Å². The summed E-state index contributed by atoms with van der Waals surface area (Å²) in [5.74, 6) is -0.115. The number of unbranched alkanes of at least 4 members (excludes halogenated alkanes) is 1. The minimum atomic E-state index is -4.38. The van der Waals surface area contributed by atoms with E-state index in [1.165, 1.54) is 12.1 Å². The highest BCUT2D eigenvalue weighted by atomic mass is 19.4. The standard InChI is InChI=1S/C30H38F3N3O2/c1-2-3-12-29(37)38-22-21-35-19-17-34(18-20-35)15-7-16-36-27-11-5-4-8-24(27)9-6-10-25-13-14-26(23-28(25)36)30(31,32)33/h4-6,8-9,11,13-14,23H,2-3,7,10,12,15-22H2,1H3/b9-6+. The van der Waals surface area contributed by atoms with Crippen molar-refractivity contribution in [2.75, 3.05) is 57.3 Å². The molecular formula is C30H38F3N3O2. The lowest BCUT2D eigenvalue weighted by molar-refractivity contribution is -0.144. The molecule has 0 atom stereocenters. The molecule has 38 heavy (non-hydrogen) atoms. The number of piperazine rings is 1. The van der Waals surface area contributed by atoms with Gasteiger partial charge in [-0.1, -0.05) is 49.8 Å². The van der Waals surface area contributed by atoms with E-state index in [1.807, 2.05) is 30.3 Å². The van der Waals surface area contributed by atoms with Crippen molar-refractivity contribution in [2.24, 2.45) is 0 Å². The fourth-order valence-electron chi connectivity index (χ4n) is 5.09. The van der Waals surface area contributed by atoms with Crippen LogP contribution in [0, 0.1) is 0 Å². The van der Waals surface area contributed by atoms with Gasteiger partial charge in [-0.05, 0) is 55.1 Å². The summed E-state index contributed by atoms with van der Waals surface area (Å²) in [6.07, 6.45) is 3.47. The molecule has 8 heteroatoms. The molecule has 0 N–H and O–H groups in total. The Hall–Kier alpha value is -2.84. The molecule has 1 saturated heterocycles. The molecule has 0 spiro atoms. The number of hydrogen-bond donors (Lipinski definition) is 0. The lowest BCUT2D eigenvalue weighted by Crippen LogP contribution is -2.47. The average Bonchev–Trinajstić information content (AvgIpc) is 2.90. The molecule has 0 radical (unpaired) electrons. The molecule has 4 rings (SSSR count). The summed E-state index contributed by atoms with van der Waals surface area (Å²) in [6, 6.07) is 12.0. The highest BCUT2D eigenvalue weighted by Crippen LogP contribution is 2.38. The third-order valence-electron chi connectivity index (χ3n) is 7.29. The van der Waals surface area contributed by atoms with Crippen LogP contribution in [0.1, 0.15) is 49.3 Å². The van der Waals surface area contributed by atoms with E-state index >= 15 is 0 Å². The second-order valence-electron chi connectivity index (χ2n) is 10.0. The van der Waals surface area contributed by atoms with E-state index in [0.717, 1.165) is 75.3 Å². The number of ether oxygens (including phenoxy) is 1. The summed E-state index contributed by atoms with van der Waals surface area (Å²) in [5.41, 5.74) is 2.86. The van der Waals surface area contributed by atoms with Crippen molar-refractivity contribution in [1.29, 1.82) is 0 Å². The molecule has 2 aliphatic heterocycles. The monoisotopic (exact) mass is 529 g/mol. The molecule has 0 bridgehead atoms. The van der Waals surface area contributed by atoms with Gasteiger partial charge in [0.05, 0.1) is 5.56 Å². The molecule has 1 fully saturated rings. The summed E-state index contributed by atoms with van der Waals surface area (Å²) >= 11 is 0. The zero-order chi connectivity index (χ0) is 27.0. The zero-order valence-corrected chi connectivity index (χ0v) is 22.2. The van der Waals surface area contributed by atoms with Crippen LogP contribution in [0.5, 0.6) is 0 Å². The molecule has 2 aliphatic rings.